The molecule has 2 aromatic rings. The van der Waals surface area contributed by atoms with Gasteiger partial charge in [-0.25, -0.2) is 0 Å². The van der Waals surface area contributed by atoms with E-state index >= 15 is 0 Å². The van der Waals surface area contributed by atoms with Crippen molar-refractivity contribution in [3.05, 3.63) is 12.1 Å². The largest absolute Gasteiger partial charge is 0.366 e. The van der Waals surface area contributed by atoms with E-state index in [0.29, 0.717) is 17.1 Å². The molecule has 0 spiro atoms. The van der Waals surface area contributed by atoms with Crippen molar-refractivity contribution in [3.8, 4) is 0 Å². The first-order chi connectivity index (χ1) is 10.7. The van der Waals surface area contributed by atoms with Crippen molar-refractivity contribution < 1.29 is 0 Å². The molecule has 0 radical (unpaired) electrons. The summed E-state index contributed by atoms with van der Waals surface area (Å²) in [7, 11) is 0. The van der Waals surface area contributed by atoms with Crippen LogP contribution < -0.4 is 5.32 Å². The Balaban J connectivity index is 1.40. The maximum Gasteiger partial charge on any atom is 0.200 e. The van der Waals surface area contributed by atoms with Gasteiger partial charge in [-0.05, 0) is 91.2 Å². The fourth-order valence-electron chi connectivity index (χ4n) is 5.81. The molecule has 0 saturated heterocycles. The first kappa shape index (κ1) is 12.8. The molecule has 1 atom stereocenters. The number of aromatic nitrogens is 5. The second-order valence-corrected chi connectivity index (χ2v) is 7.89. The SMILES string of the molecule is CC(Nc1ccc2nnnn2n1)C12CC3CC(CC(C3)C1)C2. The number of tetrazole rings is 1. The Morgan fingerprint density at radius 3 is 2.50 bits per heavy atom. The number of hydrogen-bond acceptors (Lipinski definition) is 5. The van der Waals surface area contributed by atoms with Gasteiger partial charge in [-0.2, -0.15) is 0 Å². The standard InChI is InChI=1S/C16H22N6/c1-10(17-14-2-3-15-18-20-21-22(15)19-14)16-7-11-4-12(8-16)6-13(5-11)9-16/h2-3,10-13H,4-9H2,1H3,(H,17,19). The molecule has 0 aliphatic heterocycles. The summed E-state index contributed by atoms with van der Waals surface area (Å²) in [5, 5.41) is 19.6. The molecule has 4 bridgehead atoms. The van der Waals surface area contributed by atoms with Crippen LogP contribution in [-0.4, -0.2) is 31.3 Å². The van der Waals surface area contributed by atoms with Crippen LogP contribution in [0, 0.1) is 23.2 Å². The van der Waals surface area contributed by atoms with Crippen LogP contribution in [0.3, 0.4) is 0 Å². The summed E-state index contributed by atoms with van der Waals surface area (Å²) < 4.78 is 1.49. The Hall–Kier alpha value is -1.72. The van der Waals surface area contributed by atoms with E-state index in [1.807, 2.05) is 12.1 Å². The van der Waals surface area contributed by atoms with E-state index in [0.717, 1.165) is 23.6 Å². The fourth-order valence-corrected chi connectivity index (χ4v) is 5.81. The lowest BCUT2D eigenvalue weighted by atomic mass is 9.48. The second kappa shape index (κ2) is 4.40. The van der Waals surface area contributed by atoms with E-state index in [1.54, 1.807) is 0 Å². The summed E-state index contributed by atoms with van der Waals surface area (Å²) in [6.07, 6.45) is 8.67. The highest BCUT2D eigenvalue weighted by Crippen LogP contribution is 2.61. The van der Waals surface area contributed by atoms with E-state index in [4.69, 9.17) is 0 Å². The molecule has 6 nitrogen and oxygen atoms in total. The lowest BCUT2D eigenvalue weighted by Gasteiger charge is -2.59. The minimum absolute atomic E-state index is 0.460. The van der Waals surface area contributed by atoms with Gasteiger partial charge in [0.15, 0.2) is 5.65 Å². The molecule has 6 heteroatoms. The van der Waals surface area contributed by atoms with Gasteiger partial charge in [0, 0.05) is 6.04 Å². The van der Waals surface area contributed by atoms with Crippen molar-refractivity contribution in [1.82, 2.24) is 25.3 Å². The van der Waals surface area contributed by atoms with Crippen molar-refractivity contribution in [2.45, 2.75) is 51.5 Å². The summed E-state index contributed by atoms with van der Waals surface area (Å²) in [5.41, 5.74) is 1.17. The van der Waals surface area contributed by atoms with Crippen LogP contribution in [0.2, 0.25) is 0 Å². The highest BCUT2D eigenvalue weighted by molar-refractivity contribution is 5.43. The molecule has 4 aliphatic rings. The smallest absolute Gasteiger partial charge is 0.200 e. The van der Waals surface area contributed by atoms with Gasteiger partial charge in [0.1, 0.15) is 5.82 Å². The summed E-state index contributed by atoms with van der Waals surface area (Å²) in [6, 6.07) is 4.37. The van der Waals surface area contributed by atoms with Crippen molar-refractivity contribution >= 4 is 11.5 Å². The molecule has 0 amide bonds. The minimum Gasteiger partial charge on any atom is -0.366 e. The molecule has 2 aromatic heterocycles. The highest BCUT2D eigenvalue weighted by Gasteiger charge is 2.53. The van der Waals surface area contributed by atoms with Crippen molar-refractivity contribution in [2.24, 2.45) is 23.2 Å². The zero-order chi connectivity index (χ0) is 14.7. The van der Waals surface area contributed by atoms with Crippen LogP contribution in [0.5, 0.6) is 0 Å². The molecular weight excluding hydrogens is 276 g/mol. The van der Waals surface area contributed by atoms with E-state index in [9.17, 15) is 0 Å². The van der Waals surface area contributed by atoms with Crippen LogP contribution in [-0.2, 0) is 0 Å². The molecular formula is C16H22N6. The Morgan fingerprint density at radius 2 is 1.82 bits per heavy atom. The molecule has 6 rings (SSSR count). The van der Waals surface area contributed by atoms with E-state index in [-0.39, 0.29) is 0 Å². The lowest BCUT2D eigenvalue weighted by Crippen LogP contribution is -2.53. The second-order valence-electron chi connectivity index (χ2n) is 7.89. The predicted molar refractivity (Wildman–Crippen MR) is 82.3 cm³/mol. The van der Waals surface area contributed by atoms with Crippen molar-refractivity contribution in [3.63, 3.8) is 0 Å². The Labute approximate surface area is 129 Å². The monoisotopic (exact) mass is 298 g/mol. The van der Waals surface area contributed by atoms with E-state index in [2.05, 4.69) is 32.9 Å². The van der Waals surface area contributed by atoms with Crippen LogP contribution >= 0.6 is 0 Å². The maximum absolute atomic E-state index is 4.47. The van der Waals surface area contributed by atoms with Gasteiger partial charge in [-0.1, -0.05) is 0 Å². The van der Waals surface area contributed by atoms with Crippen LogP contribution in [0.4, 0.5) is 5.82 Å². The summed E-state index contributed by atoms with van der Waals surface area (Å²) in [4.78, 5) is 0. The average Bonchev–Trinajstić information content (AvgIpc) is 2.93. The van der Waals surface area contributed by atoms with Gasteiger partial charge in [0.05, 0.1) is 0 Å². The van der Waals surface area contributed by atoms with Crippen LogP contribution in [0.25, 0.3) is 5.65 Å². The highest BCUT2D eigenvalue weighted by atomic mass is 15.6. The topological polar surface area (TPSA) is 68.0 Å². The lowest BCUT2D eigenvalue weighted by molar-refractivity contribution is -0.0603. The van der Waals surface area contributed by atoms with Crippen molar-refractivity contribution in [2.75, 3.05) is 5.32 Å². The Kier molecular flexibility index (Phi) is 2.56. The predicted octanol–water partition coefficient (Wildman–Crippen LogP) is 2.54. The maximum atomic E-state index is 4.47. The van der Waals surface area contributed by atoms with Crippen LogP contribution in [0.15, 0.2) is 12.1 Å². The summed E-state index contributed by atoms with van der Waals surface area (Å²) in [5.74, 6) is 3.81. The molecule has 22 heavy (non-hydrogen) atoms. The number of rotatable bonds is 3. The number of hydrogen-bond donors (Lipinski definition) is 1. The summed E-state index contributed by atoms with van der Waals surface area (Å²) >= 11 is 0. The number of anilines is 1. The van der Waals surface area contributed by atoms with Crippen molar-refractivity contribution in [1.29, 1.82) is 0 Å². The van der Waals surface area contributed by atoms with Gasteiger partial charge in [-0.3, -0.25) is 0 Å². The van der Waals surface area contributed by atoms with Gasteiger partial charge in [0.25, 0.3) is 0 Å². The third kappa shape index (κ3) is 1.85. The van der Waals surface area contributed by atoms with Gasteiger partial charge in [-0.15, -0.1) is 14.8 Å². The van der Waals surface area contributed by atoms with Gasteiger partial charge in [0.2, 0.25) is 0 Å². The zero-order valence-corrected chi connectivity index (χ0v) is 12.9. The first-order valence-electron chi connectivity index (χ1n) is 8.52. The summed E-state index contributed by atoms with van der Waals surface area (Å²) in [6.45, 7) is 2.35. The number of nitrogens with one attached hydrogen (secondary N) is 1. The van der Waals surface area contributed by atoms with E-state index < -0.39 is 0 Å². The molecule has 4 fully saturated rings. The average molecular weight is 298 g/mol. The number of fused-ring (bicyclic) bond motifs is 1. The third-order valence-corrected chi connectivity index (χ3v) is 6.44. The first-order valence-corrected chi connectivity index (χ1v) is 8.52. The zero-order valence-electron chi connectivity index (χ0n) is 12.9. The fraction of sp³-hybridized carbons (Fsp3) is 0.750. The quantitative estimate of drug-likeness (QED) is 0.943. The third-order valence-electron chi connectivity index (χ3n) is 6.44. The molecule has 4 aliphatic carbocycles. The van der Waals surface area contributed by atoms with E-state index in [1.165, 1.54) is 43.2 Å². The molecule has 0 aromatic carbocycles. The Morgan fingerprint density at radius 1 is 1.14 bits per heavy atom. The molecule has 4 saturated carbocycles. The molecule has 1 N–H and O–H groups in total. The molecule has 1 unspecified atom stereocenters. The Bertz CT molecular complexity index is 672. The van der Waals surface area contributed by atoms with Gasteiger partial charge < -0.3 is 5.32 Å². The number of nitrogens with zero attached hydrogens (tertiary/aromatic N) is 5. The minimum atomic E-state index is 0.460. The molecule has 116 valence electrons. The normalized spacial score (nSPS) is 37.6. The van der Waals surface area contributed by atoms with Gasteiger partial charge >= 0.3 is 0 Å². The van der Waals surface area contributed by atoms with Crippen LogP contribution in [0.1, 0.15) is 45.4 Å². The molecule has 2 heterocycles.